The smallest absolute Gasteiger partial charge is 0.337 e. The second kappa shape index (κ2) is 4.91. The van der Waals surface area contributed by atoms with Gasteiger partial charge < -0.3 is 4.74 Å². The lowest BCUT2D eigenvalue weighted by Crippen LogP contribution is -2.28. The lowest BCUT2D eigenvalue weighted by molar-refractivity contribution is -0.424. The number of hydrogen-bond acceptors (Lipinski definition) is 4. The van der Waals surface area contributed by atoms with E-state index in [0.29, 0.717) is 0 Å². The van der Waals surface area contributed by atoms with Crippen LogP contribution in [0.1, 0.15) is 34.6 Å². The van der Waals surface area contributed by atoms with Gasteiger partial charge in [-0.3, -0.25) is 10.1 Å². The molecule has 0 fully saturated rings. The molecule has 0 aliphatic carbocycles. The number of allylic oxidation sites excluding steroid dienone is 1. The second-order valence-corrected chi connectivity index (χ2v) is 4.49. The zero-order chi connectivity index (χ0) is 12.2. The summed E-state index contributed by atoms with van der Waals surface area (Å²) in [5, 5.41) is 10.2. The highest BCUT2D eigenvalue weighted by Crippen LogP contribution is 2.21. The number of nitrogens with zero attached hydrogens (tertiary/aromatic N) is 1. The van der Waals surface area contributed by atoms with Crippen LogP contribution >= 0.6 is 0 Å². The van der Waals surface area contributed by atoms with Crippen molar-refractivity contribution < 1.29 is 14.5 Å². The van der Waals surface area contributed by atoms with Gasteiger partial charge in [0.15, 0.2) is 0 Å². The first kappa shape index (κ1) is 13.6. The van der Waals surface area contributed by atoms with Gasteiger partial charge in [0.05, 0.1) is 11.0 Å². The van der Waals surface area contributed by atoms with Crippen molar-refractivity contribution in [2.24, 2.45) is 5.41 Å². The van der Waals surface area contributed by atoms with E-state index in [9.17, 15) is 14.9 Å². The summed E-state index contributed by atoms with van der Waals surface area (Å²) in [6.45, 7) is 8.79. The molecule has 5 heteroatoms. The summed E-state index contributed by atoms with van der Waals surface area (Å²) in [5.74, 6) is -0.674. The molecule has 0 aromatic rings. The van der Waals surface area contributed by atoms with Gasteiger partial charge >= 0.3 is 5.97 Å². The largest absolute Gasteiger partial charge is 0.459 e. The third kappa shape index (κ3) is 5.15. The fourth-order valence-electron chi connectivity index (χ4n) is 0.608. The Kier molecular flexibility index (Phi) is 4.45. The molecular weight excluding hydrogens is 198 g/mol. The van der Waals surface area contributed by atoms with E-state index in [0.717, 1.165) is 6.08 Å². The quantitative estimate of drug-likeness (QED) is 0.313. The van der Waals surface area contributed by atoms with Crippen LogP contribution in [0.2, 0.25) is 0 Å². The molecule has 0 rings (SSSR count). The van der Waals surface area contributed by atoms with Crippen LogP contribution in [0.25, 0.3) is 0 Å². The van der Waals surface area contributed by atoms with Crippen LogP contribution < -0.4 is 0 Å². The fraction of sp³-hybridized carbons (Fsp3) is 0.700. The molecule has 0 heterocycles. The summed E-state index contributed by atoms with van der Waals surface area (Å²) in [4.78, 5) is 20.8. The monoisotopic (exact) mass is 215 g/mol. The molecule has 0 saturated heterocycles. The molecule has 1 unspecified atom stereocenters. The molecule has 5 nitrogen and oxygen atoms in total. The topological polar surface area (TPSA) is 69.4 Å². The minimum atomic E-state index is -0.674. The van der Waals surface area contributed by atoms with Gasteiger partial charge in [-0.25, -0.2) is 4.79 Å². The zero-order valence-electron chi connectivity index (χ0n) is 9.73. The number of hydrogen-bond donors (Lipinski definition) is 0. The highest BCUT2D eigenvalue weighted by atomic mass is 16.6. The maximum atomic E-state index is 11.2. The molecule has 0 spiro atoms. The van der Waals surface area contributed by atoms with Crippen LogP contribution in [0, 0.1) is 15.5 Å². The summed E-state index contributed by atoms with van der Waals surface area (Å²) in [5.41, 5.74) is -0.396. The molecule has 1 atom stereocenters. The molecule has 0 radical (unpaired) electrons. The number of carbonyl (C=O) groups is 1. The summed E-state index contributed by atoms with van der Waals surface area (Å²) in [6.07, 6.45) is 0.600. The predicted octanol–water partition coefficient (Wildman–Crippen LogP) is 2.14. The van der Waals surface area contributed by atoms with E-state index < -0.39 is 10.9 Å². The van der Waals surface area contributed by atoms with Gasteiger partial charge in [-0.1, -0.05) is 20.8 Å². The highest BCUT2D eigenvalue weighted by molar-refractivity contribution is 5.82. The first-order valence-electron chi connectivity index (χ1n) is 4.68. The van der Waals surface area contributed by atoms with Crippen molar-refractivity contribution in [3.63, 3.8) is 0 Å². The van der Waals surface area contributed by atoms with Crippen LogP contribution in [0.3, 0.4) is 0 Å². The molecule has 0 aromatic carbocycles. The van der Waals surface area contributed by atoms with E-state index in [1.54, 1.807) is 6.92 Å². The summed E-state index contributed by atoms with van der Waals surface area (Å²) >= 11 is 0. The van der Waals surface area contributed by atoms with Crippen molar-refractivity contribution in [1.82, 2.24) is 0 Å². The van der Waals surface area contributed by atoms with Gasteiger partial charge in [0.1, 0.15) is 6.10 Å². The fourth-order valence-corrected chi connectivity index (χ4v) is 0.608. The van der Waals surface area contributed by atoms with Gasteiger partial charge in [-0.15, -0.1) is 0 Å². The minimum Gasteiger partial charge on any atom is -0.459 e. The third-order valence-corrected chi connectivity index (χ3v) is 2.13. The maximum absolute atomic E-state index is 11.2. The van der Waals surface area contributed by atoms with Gasteiger partial charge in [0.2, 0.25) is 5.70 Å². The normalized spacial score (nSPS) is 14.6. The molecule has 15 heavy (non-hydrogen) atoms. The molecule has 0 amide bonds. The minimum absolute atomic E-state index is 0.175. The molecule has 0 saturated carbocycles. The van der Waals surface area contributed by atoms with Gasteiger partial charge in [0.25, 0.3) is 0 Å². The van der Waals surface area contributed by atoms with E-state index in [2.05, 4.69) is 0 Å². The third-order valence-electron chi connectivity index (χ3n) is 2.13. The van der Waals surface area contributed by atoms with E-state index in [-0.39, 0.29) is 17.2 Å². The van der Waals surface area contributed by atoms with E-state index in [1.165, 1.54) is 6.92 Å². The van der Waals surface area contributed by atoms with Crippen molar-refractivity contribution in [1.29, 1.82) is 0 Å². The predicted molar refractivity (Wildman–Crippen MR) is 55.8 cm³/mol. The Bertz CT molecular complexity index is 288. The van der Waals surface area contributed by atoms with Crippen molar-refractivity contribution >= 4 is 5.97 Å². The van der Waals surface area contributed by atoms with Crippen molar-refractivity contribution in [2.45, 2.75) is 40.7 Å². The number of carbonyl (C=O) groups excluding carboxylic acids is 1. The van der Waals surface area contributed by atoms with E-state index >= 15 is 0 Å². The van der Waals surface area contributed by atoms with E-state index in [1.807, 2.05) is 20.8 Å². The van der Waals surface area contributed by atoms with Gasteiger partial charge in [-0.2, -0.15) is 0 Å². The Labute approximate surface area is 89.3 Å². The van der Waals surface area contributed by atoms with Crippen molar-refractivity contribution in [3.8, 4) is 0 Å². The lowest BCUT2D eigenvalue weighted by atomic mass is 9.90. The first-order valence-corrected chi connectivity index (χ1v) is 4.68. The molecule has 86 valence electrons. The van der Waals surface area contributed by atoms with Crippen LogP contribution in [0.5, 0.6) is 0 Å². The lowest BCUT2D eigenvalue weighted by Gasteiger charge is -2.26. The standard InChI is InChI=1S/C10H17NO4/c1-7(11(13)14)6-9(12)15-8(2)10(3,4)5/h6,8H,1-5H3/b7-6+. The van der Waals surface area contributed by atoms with Gasteiger partial charge in [0, 0.05) is 6.92 Å². The Balaban J connectivity index is 4.40. The Morgan fingerprint density at radius 3 is 2.27 bits per heavy atom. The van der Waals surface area contributed by atoms with Crippen molar-refractivity contribution in [2.75, 3.05) is 0 Å². The number of rotatable bonds is 3. The Hall–Kier alpha value is -1.39. The molecule has 0 aliphatic rings. The average molecular weight is 215 g/mol. The highest BCUT2D eigenvalue weighted by Gasteiger charge is 2.23. The SMILES string of the molecule is C/C(=C\C(=O)OC(C)C(C)(C)C)[N+](=O)[O-]. The number of nitro groups is 1. The van der Waals surface area contributed by atoms with Crippen LogP contribution in [-0.4, -0.2) is 17.0 Å². The second-order valence-electron chi connectivity index (χ2n) is 4.49. The first-order chi connectivity index (χ1) is 6.64. The average Bonchev–Trinajstić information content (AvgIpc) is 2.01. The van der Waals surface area contributed by atoms with Crippen molar-refractivity contribution in [3.05, 3.63) is 21.9 Å². The molecule has 0 aromatic heterocycles. The molecular formula is C10H17NO4. The number of esters is 1. The van der Waals surface area contributed by atoms with Crippen LogP contribution in [-0.2, 0) is 9.53 Å². The number of ether oxygens (including phenoxy) is 1. The van der Waals surface area contributed by atoms with Crippen LogP contribution in [0.15, 0.2) is 11.8 Å². The van der Waals surface area contributed by atoms with Crippen LogP contribution in [0.4, 0.5) is 0 Å². The van der Waals surface area contributed by atoms with E-state index in [4.69, 9.17) is 4.74 Å². The summed E-state index contributed by atoms with van der Waals surface area (Å²) < 4.78 is 5.02. The molecule has 0 bridgehead atoms. The Morgan fingerprint density at radius 2 is 1.93 bits per heavy atom. The zero-order valence-corrected chi connectivity index (χ0v) is 9.73. The summed E-state index contributed by atoms with van der Waals surface area (Å²) in [7, 11) is 0. The molecule has 0 N–H and O–H groups in total. The Morgan fingerprint density at radius 1 is 1.47 bits per heavy atom. The molecule has 0 aliphatic heterocycles. The maximum Gasteiger partial charge on any atom is 0.337 e. The summed E-state index contributed by atoms with van der Waals surface area (Å²) in [6, 6.07) is 0. The van der Waals surface area contributed by atoms with Gasteiger partial charge in [-0.05, 0) is 12.3 Å².